The van der Waals surface area contributed by atoms with Gasteiger partial charge in [-0.3, -0.25) is 0 Å². The monoisotopic (exact) mass is 282 g/mol. The van der Waals surface area contributed by atoms with Crippen LogP contribution in [0.5, 0.6) is 0 Å². The molecule has 2 nitrogen and oxygen atoms in total. The van der Waals surface area contributed by atoms with Gasteiger partial charge in [0.2, 0.25) is 0 Å². The van der Waals surface area contributed by atoms with Crippen LogP contribution in [0.4, 0.5) is 0 Å². The number of hydrogen-bond donors (Lipinski definition) is 0. The minimum atomic E-state index is 0.685. The first-order valence-electron chi connectivity index (χ1n) is 4.42. The second kappa shape index (κ2) is 4.29. The predicted octanol–water partition coefficient (Wildman–Crippen LogP) is 3.87. The molecule has 1 aromatic heterocycles. The van der Waals surface area contributed by atoms with E-state index in [4.69, 9.17) is 11.6 Å². The summed E-state index contributed by atoms with van der Waals surface area (Å²) in [6, 6.07) is 9.37. The molecule has 0 atom stereocenters. The van der Waals surface area contributed by atoms with Gasteiger partial charge in [-0.1, -0.05) is 23.7 Å². The smallest absolute Gasteiger partial charge is 0.160 e. The van der Waals surface area contributed by atoms with Crippen molar-refractivity contribution in [3.05, 3.63) is 45.7 Å². The lowest BCUT2D eigenvalue weighted by Crippen LogP contribution is -1.92. The van der Waals surface area contributed by atoms with Gasteiger partial charge in [-0.2, -0.15) is 0 Å². The van der Waals surface area contributed by atoms with Crippen molar-refractivity contribution in [3.8, 4) is 11.4 Å². The van der Waals surface area contributed by atoms with E-state index >= 15 is 0 Å². The van der Waals surface area contributed by atoms with Crippen molar-refractivity contribution < 1.29 is 0 Å². The quantitative estimate of drug-likeness (QED) is 0.743. The molecule has 0 aliphatic carbocycles. The molecule has 15 heavy (non-hydrogen) atoms. The van der Waals surface area contributed by atoms with Gasteiger partial charge in [-0.15, -0.1) is 0 Å². The zero-order valence-corrected chi connectivity index (χ0v) is 10.4. The van der Waals surface area contributed by atoms with E-state index in [0.29, 0.717) is 10.8 Å². The molecule has 0 bridgehead atoms. The van der Waals surface area contributed by atoms with Crippen LogP contribution in [0.15, 0.2) is 34.9 Å². The molecule has 0 saturated heterocycles. The van der Waals surface area contributed by atoms with Gasteiger partial charge in [0.15, 0.2) is 5.82 Å². The van der Waals surface area contributed by atoms with Crippen LogP contribution < -0.4 is 0 Å². The summed E-state index contributed by atoms with van der Waals surface area (Å²) in [5, 5.41) is 0.689. The van der Waals surface area contributed by atoms with E-state index in [1.807, 2.05) is 37.3 Å². The maximum Gasteiger partial charge on any atom is 0.160 e. The molecule has 1 aromatic carbocycles. The molecular formula is C11H8BrClN2. The van der Waals surface area contributed by atoms with Crippen molar-refractivity contribution in [2.75, 3.05) is 0 Å². The predicted molar refractivity (Wildman–Crippen MR) is 64.9 cm³/mol. The van der Waals surface area contributed by atoms with Crippen molar-refractivity contribution in [2.24, 2.45) is 0 Å². The Morgan fingerprint density at radius 3 is 2.67 bits per heavy atom. The maximum absolute atomic E-state index is 5.91. The highest BCUT2D eigenvalue weighted by Gasteiger charge is 2.03. The largest absolute Gasteiger partial charge is 0.233 e. The minimum Gasteiger partial charge on any atom is -0.233 e. The lowest BCUT2D eigenvalue weighted by atomic mass is 10.2. The number of nitrogens with zero attached hydrogens (tertiary/aromatic N) is 2. The maximum atomic E-state index is 5.91. The van der Waals surface area contributed by atoms with E-state index in [2.05, 4.69) is 25.9 Å². The number of aromatic nitrogens is 2. The van der Waals surface area contributed by atoms with Gasteiger partial charge in [0.1, 0.15) is 4.60 Å². The van der Waals surface area contributed by atoms with E-state index in [1.165, 1.54) is 0 Å². The van der Waals surface area contributed by atoms with Crippen molar-refractivity contribution >= 4 is 27.5 Å². The van der Waals surface area contributed by atoms with Crippen molar-refractivity contribution in [3.63, 3.8) is 0 Å². The fraction of sp³-hybridized carbons (Fsp3) is 0.0909. The molecule has 0 N–H and O–H groups in total. The SMILES string of the molecule is Cc1cc(Br)nc(-c2cccc(Cl)c2)n1. The Labute approximate surface area is 101 Å². The van der Waals surface area contributed by atoms with Gasteiger partial charge >= 0.3 is 0 Å². The molecule has 2 rings (SSSR count). The highest BCUT2D eigenvalue weighted by atomic mass is 79.9. The molecule has 0 fully saturated rings. The van der Waals surface area contributed by atoms with Crippen LogP contribution >= 0.6 is 27.5 Å². The summed E-state index contributed by atoms with van der Waals surface area (Å²) in [6.07, 6.45) is 0. The first-order valence-corrected chi connectivity index (χ1v) is 5.59. The number of halogens is 2. The van der Waals surface area contributed by atoms with Crippen LogP contribution in [0.3, 0.4) is 0 Å². The summed E-state index contributed by atoms with van der Waals surface area (Å²) >= 11 is 9.25. The fourth-order valence-corrected chi connectivity index (χ4v) is 1.98. The Morgan fingerprint density at radius 1 is 1.20 bits per heavy atom. The van der Waals surface area contributed by atoms with Crippen LogP contribution in [-0.4, -0.2) is 9.97 Å². The normalized spacial score (nSPS) is 10.3. The molecule has 0 saturated carbocycles. The van der Waals surface area contributed by atoms with Gasteiger partial charge < -0.3 is 0 Å². The zero-order chi connectivity index (χ0) is 10.8. The second-order valence-corrected chi connectivity index (χ2v) is 4.41. The summed E-state index contributed by atoms with van der Waals surface area (Å²) in [5.74, 6) is 0.685. The van der Waals surface area contributed by atoms with E-state index < -0.39 is 0 Å². The summed E-state index contributed by atoms with van der Waals surface area (Å²) < 4.78 is 0.782. The van der Waals surface area contributed by atoms with Crippen molar-refractivity contribution in [1.82, 2.24) is 9.97 Å². The molecule has 0 aliphatic heterocycles. The zero-order valence-electron chi connectivity index (χ0n) is 8.04. The molecule has 1 heterocycles. The van der Waals surface area contributed by atoms with Gasteiger partial charge in [-0.05, 0) is 41.1 Å². The Hall–Kier alpha value is -0.930. The van der Waals surface area contributed by atoms with Gasteiger partial charge in [-0.25, -0.2) is 9.97 Å². The molecule has 0 aliphatic rings. The first-order chi connectivity index (χ1) is 7.15. The average molecular weight is 284 g/mol. The van der Waals surface area contributed by atoms with Gasteiger partial charge in [0.25, 0.3) is 0 Å². The van der Waals surface area contributed by atoms with E-state index in [-0.39, 0.29) is 0 Å². The third-order valence-electron chi connectivity index (χ3n) is 1.91. The summed E-state index contributed by atoms with van der Waals surface area (Å²) in [5.41, 5.74) is 1.85. The first kappa shape index (κ1) is 10.6. The van der Waals surface area contributed by atoms with Crippen LogP contribution in [0, 0.1) is 6.92 Å². The fourth-order valence-electron chi connectivity index (χ4n) is 1.29. The number of benzene rings is 1. The van der Waals surface area contributed by atoms with E-state index in [1.54, 1.807) is 0 Å². The lowest BCUT2D eigenvalue weighted by Gasteiger charge is -2.02. The summed E-state index contributed by atoms with van der Waals surface area (Å²) in [6.45, 7) is 1.93. The summed E-state index contributed by atoms with van der Waals surface area (Å²) in [7, 11) is 0. The van der Waals surface area contributed by atoms with E-state index in [9.17, 15) is 0 Å². The Bertz CT molecular complexity index is 479. The minimum absolute atomic E-state index is 0.685. The highest BCUT2D eigenvalue weighted by molar-refractivity contribution is 9.10. The molecule has 0 spiro atoms. The third-order valence-corrected chi connectivity index (χ3v) is 2.55. The Morgan fingerprint density at radius 2 is 2.00 bits per heavy atom. The van der Waals surface area contributed by atoms with Gasteiger partial charge in [0.05, 0.1) is 0 Å². The van der Waals surface area contributed by atoms with Crippen molar-refractivity contribution in [2.45, 2.75) is 6.92 Å². The molecule has 2 aromatic rings. The summed E-state index contributed by atoms with van der Waals surface area (Å²) in [4.78, 5) is 8.64. The molecule has 0 amide bonds. The van der Waals surface area contributed by atoms with Crippen LogP contribution in [0.1, 0.15) is 5.69 Å². The molecular weight excluding hydrogens is 275 g/mol. The van der Waals surface area contributed by atoms with E-state index in [0.717, 1.165) is 15.9 Å². The van der Waals surface area contributed by atoms with Gasteiger partial charge in [0, 0.05) is 16.3 Å². The van der Waals surface area contributed by atoms with Crippen LogP contribution in [-0.2, 0) is 0 Å². The number of hydrogen-bond acceptors (Lipinski definition) is 2. The second-order valence-electron chi connectivity index (χ2n) is 3.17. The van der Waals surface area contributed by atoms with Crippen molar-refractivity contribution in [1.29, 1.82) is 0 Å². The molecule has 4 heteroatoms. The number of rotatable bonds is 1. The lowest BCUT2D eigenvalue weighted by molar-refractivity contribution is 1.09. The number of aryl methyl sites for hydroxylation is 1. The topological polar surface area (TPSA) is 25.8 Å². The third kappa shape index (κ3) is 2.55. The highest BCUT2D eigenvalue weighted by Crippen LogP contribution is 2.21. The molecule has 76 valence electrons. The van der Waals surface area contributed by atoms with Crippen LogP contribution in [0.25, 0.3) is 11.4 Å². The molecule has 0 unspecified atom stereocenters. The molecule has 0 radical (unpaired) electrons. The average Bonchev–Trinajstić information content (AvgIpc) is 2.16. The standard InChI is InChI=1S/C11H8BrClN2/c1-7-5-10(12)15-11(14-7)8-3-2-4-9(13)6-8/h2-6H,1H3. The Balaban J connectivity index is 2.54. The van der Waals surface area contributed by atoms with Crippen LogP contribution in [0.2, 0.25) is 5.02 Å². The Kier molecular flexibility index (Phi) is 3.03.